The van der Waals surface area contributed by atoms with Crippen LogP contribution in [0.5, 0.6) is 0 Å². The monoisotopic (exact) mass is 251 g/mol. The highest BCUT2D eigenvalue weighted by atomic mass is 35.5. The summed E-state index contributed by atoms with van der Waals surface area (Å²) in [6, 6.07) is 3.87. The van der Waals surface area contributed by atoms with Crippen molar-refractivity contribution in [1.29, 1.82) is 0 Å². The topological polar surface area (TPSA) is 39.4 Å². The molecule has 2 aromatic rings. The summed E-state index contributed by atoms with van der Waals surface area (Å²) in [4.78, 5) is 4.44. The Balaban J connectivity index is 2.03. The van der Waals surface area contributed by atoms with Gasteiger partial charge in [-0.25, -0.2) is 9.50 Å². The molecule has 1 aliphatic heterocycles. The second kappa shape index (κ2) is 4.27. The Kier molecular flexibility index (Phi) is 2.76. The van der Waals surface area contributed by atoms with Crippen molar-refractivity contribution >= 4 is 17.2 Å². The van der Waals surface area contributed by atoms with Crippen LogP contribution in [0.4, 0.5) is 0 Å². The molecule has 0 bridgehead atoms. The van der Waals surface area contributed by atoms with E-state index in [1.807, 2.05) is 19.1 Å². The molecule has 3 heterocycles. The fraction of sp³-hybridized carbons (Fsp3) is 0.500. The van der Waals surface area contributed by atoms with Crippen molar-refractivity contribution in [1.82, 2.24) is 14.6 Å². The average molecular weight is 252 g/mol. The molecule has 5 heteroatoms. The minimum Gasteiger partial charge on any atom is -0.381 e. The Morgan fingerprint density at radius 1 is 1.35 bits per heavy atom. The molecule has 0 N–H and O–H groups in total. The maximum absolute atomic E-state index is 6.15. The highest BCUT2D eigenvalue weighted by Gasteiger charge is 2.19. The SMILES string of the molecule is Cc1cc(Cl)n2nc(C3CCOCC3)cc2n1. The van der Waals surface area contributed by atoms with E-state index in [9.17, 15) is 0 Å². The lowest BCUT2D eigenvalue weighted by molar-refractivity contribution is 0.0844. The summed E-state index contributed by atoms with van der Waals surface area (Å²) in [5.74, 6) is 0.474. The number of halogens is 1. The van der Waals surface area contributed by atoms with Crippen LogP contribution >= 0.6 is 11.6 Å². The summed E-state index contributed by atoms with van der Waals surface area (Å²) in [6.45, 7) is 3.57. The van der Waals surface area contributed by atoms with E-state index in [4.69, 9.17) is 16.3 Å². The predicted octanol–water partition coefficient (Wildman–Crippen LogP) is 2.59. The van der Waals surface area contributed by atoms with Crippen molar-refractivity contribution in [2.24, 2.45) is 0 Å². The molecule has 17 heavy (non-hydrogen) atoms. The fourth-order valence-electron chi connectivity index (χ4n) is 2.27. The molecule has 0 aromatic carbocycles. The van der Waals surface area contributed by atoms with Gasteiger partial charge in [0.15, 0.2) is 5.65 Å². The first-order chi connectivity index (χ1) is 8.24. The summed E-state index contributed by atoms with van der Waals surface area (Å²) < 4.78 is 7.07. The zero-order chi connectivity index (χ0) is 11.8. The van der Waals surface area contributed by atoms with E-state index in [0.717, 1.165) is 43.1 Å². The summed E-state index contributed by atoms with van der Waals surface area (Å²) >= 11 is 6.15. The van der Waals surface area contributed by atoms with E-state index in [2.05, 4.69) is 10.1 Å². The van der Waals surface area contributed by atoms with Crippen molar-refractivity contribution in [3.8, 4) is 0 Å². The maximum atomic E-state index is 6.15. The molecule has 0 spiro atoms. The predicted molar refractivity (Wildman–Crippen MR) is 65.5 cm³/mol. The first-order valence-corrected chi connectivity index (χ1v) is 6.22. The molecular formula is C12H14ClN3O. The van der Waals surface area contributed by atoms with Crippen molar-refractivity contribution in [2.45, 2.75) is 25.7 Å². The highest BCUT2D eigenvalue weighted by Crippen LogP contribution is 2.27. The average Bonchev–Trinajstić information content (AvgIpc) is 2.74. The van der Waals surface area contributed by atoms with Gasteiger partial charge in [-0.2, -0.15) is 5.10 Å². The number of fused-ring (bicyclic) bond motifs is 1. The van der Waals surface area contributed by atoms with Crippen LogP contribution in [0.1, 0.15) is 30.1 Å². The van der Waals surface area contributed by atoms with Crippen LogP contribution in [-0.2, 0) is 4.74 Å². The van der Waals surface area contributed by atoms with Crippen molar-refractivity contribution in [3.05, 3.63) is 28.7 Å². The zero-order valence-corrected chi connectivity index (χ0v) is 10.4. The second-order valence-corrected chi connectivity index (χ2v) is 4.83. The molecule has 0 radical (unpaired) electrons. The molecule has 3 rings (SSSR count). The molecule has 1 saturated heterocycles. The second-order valence-electron chi connectivity index (χ2n) is 4.45. The molecule has 0 aliphatic carbocycles. The van der Waals surface area contributed by atoms with Crippen molar-refractivity contribution < 1.29 is 4.74 Å². The molecule has 0 amide bonds. The van der Waals surface area contributed by atoms with Gasteiger partial charge in [0.1, 0.15) is 5.15 Å². The van der Waals surface area contributed by atoms with Crippen LogP contribution in [0.15, 0.2) is 12.1 Å². The van der Waals surface area contributed by atoms with Gasteiger partial charge in [0, 0.05) is 30.9 Å². The fourth-order valence-corrected chi connectivity index (χ4v) is 2.55. The maximum Gasteiger partial charge on any atom is 0.157 e. The zero-order valence-electron chi connectivity index (χ0n) is 9.69. The van der Waals surface area contributed by atoms with Crippen molar-refractivity contribution in [2.75, 3.05) is 13.2 Å². The van der Waals surface area contributed by atoms with Crippen LogP contribution in [0.25, 0.3) is 5.65 Å². The van der Waals surface area contributed by atoms with Gasteiger partial charge >= 0.3 is 0 Å². The first-order valence-electron chi connectivity index (χ1n) is 5.84. The number of aryl methyl sites for hydroxylation is 1. The number of rotatable bonds is 1. The van der Waals surface area contributed by atoms with Crippen LogP contribution < -0.4 is 0 Å². The third-order valence-electron chi connectivity index (χ3n) is 3.17. The van der Waals surface area contributed by atoms with Crippen LogP contribution in [0, 0.1) is 6.92 Å². The van der Waals surface area contributed by atoms with Gasteiger partial charge in [-0.3, -0.25) is 0 Å². The van der Waals surface area contributed by atoms with Gasteiger partial charge in [-0.05, 0) is 25.8 Å². The van der Waals surface area contributed by atoms with E-state index in [-0.39, 0.29) is 0 Å². The summed E-state index contributed by atoms with van der Waals surface area (Å²) in [7, 11) is 0. The van der Waals surface area contributed by atoms with Crippen LogP contribution in [0.3, 0.4) is 0 Å². The molecule has 1 fully saturated rings. The standard InChI is InChI=1S/C12H14ClN3O/c1-8-6-11(13)16-12(14-8)7-10(15-16)9-2-4-17-5-3-9/h6-7,9H,2-5H2,1H3. The van der Waals surface area contributed by atoms with E-state index in [1.54, 1.807) is 4.52 Å². The minimum atomic E-state index is 0.474. The molecule has 0 atom stereocenters. The molecule has 90 valence electrons. The van der Waals surface area contributed by atoms with E-state index >= 15 is 0 Å². The Hall–Kier alpha value is -1.13. The first kappa shape index (κ1) is 11.0. The lowest BCUT2D eigenvalue weighted by Crippen LogP contribution is -2.14. The third kappa shape index (κ3) is 2.03. The minimum absolute atomic E-state index is 0.474. The molecule has 0 unspecified atom stereocenters. The number of hydrogen-bond acceptors (Lipinski definition) is 3. The number of ether oxygens (including phenoxy) is 1. The van der Waals surface area contributed by atoms with Crippen molar-refractivity contribution in [3.63, 3.8) is 0 Å². The van der Waals surface area contributed by atoms with Crippen LogP contribution in [0.2, 0.25) is 5.15 Å². The van der Waals surface area contributed by atoms with Gasteiger partial charge in [-0.1, -0.05) is 11.6 Å². The van der Waals surface area contributed by atoms with E-state index in [1.165, 1.54) is 0 Å². The van der Waals surface area contributed by atoms with Gasteiger partial charge in [0.05, 0.1) is 5.69 Å². The number of nitrogens with zero attached hydrogens (tertiary/aromatic N) is 3. The van der Waals surface area contributed by atoms with Gasteiger partial charge in [0.25, 0.3) is 0 Å². The normalized spacial score (nSPS) is 17.8. The Labute approximate surface area is 105 Å². The lowest BCUT2D eigenvalue weighted by atomic mass is 9.97. The van der Waals surface area contributed by atoms with Gasteiger partial charge < -0.3 is 4.74 Å². The van der Waals surface area contributed by atoms with E-state index in [0.29, 0.717) is 11.1 Å². The number of aromatic nitrogens is 3. The van der Waals surface area contributed by atoms with Crippen LogP contribution in [-0.4, -0.2) is 27.8 Å². The summed E-state index contributed by atoms with van der Waals surface area (Å²) in [5.41, 5.74) is 2.82. The molecule has 0 saturated carbocycles. The lowest BCUT2D eigenvalue weighted by Gasteiger charge is -2.19. The summed E-state index contributed by atoms with van der Waals surface area (Å²) in [5, 5.41) is 5.16. The Morgan fingerprint density at radius 2 is 2.12 bits per heavy atom. The largest absolute Gasteiger partial charge is 0.381 e. The van der Waals surface area contributed by atoms with Gasteiger partial charge in [0.2, 0.25) is 0 Å². The van der Waals surface area contributed by atoms with E-state index < -0.39 is 0 Å². The summed E-state index contributed by atoms with van der Waals surface area (Å²) in [6.07, 6.45) is 2.06. The quantitative estimate of drug-likeness (QED) is 0.732. The van der Waals surface area contributed by atoms with Gasteiger partial charge in [-0.15, -0.1) is 0 Å². The number of hydrogen-bond donors (Lipinski definition) is 0. The Morgan fingerprint density at radius 3 is 2.88 bits per heavy atom. The Bertz CT molecular complexity index is 546. The molecule has 2 aromatic heterocycles. The molecular weight excluding hydrogens is 238 g/mol. The highest BCUT2D eigenvalue weighted by molar-refractivity contribution is 6.29. The molecule has 1 aliphatic rings. The smallest absolute Gasteiger partial charge is 0.157 e. The third-order valence-corrected chi connectivity index (χ3v) is 3.44. The molecule has 4 nitrogen and oxygen atoms in total.